The second-order valence-corrected chi connectivity index (χ2v) is 7.55. The van der Waals surface area contributed by atoms with Crippen LogP contribution in [0.4, 0.5) is 0 Å². The largest absolute Gasteiger partial charge is 0.497 e. The first kappa shape index (κ1) is 22.3. The molecule has 1 aliphatic heterocycles. The van der Waals surface area contributed by atoms with Crippen molar-refractivity contribution < 1.29 is 43.8 Å². The molecule has 0 amide bonds. The van der Waals surface area contributed by atoms with Crippen molar-refractivity contribution >= 4 is 21.7 Å². The maximum Gasteiger partial charge on any atom is 0.344 e. The van der Waals surface area contributed by atoms with Crippen LogP contribution in [0.25, 0.3) is 21.7 Å². The van der Waals surface area contributed by atoms with Crippen molar-refractivity contribution in [2.45, 2.75) is 37.6 Å². The van der Waals surface area contributed by atoms with Crippen molar-refractivity contribution in [3.8, 4) is 17.2 Å². The number of fused-ring (bicyclic) bond motifs is 3. The fourth-order valence-corrected chi connectivity index (χ4v) is 3.93. The third-order valence-corrected chi connectivity index (χ3v) is 5.61. The normalized spacial score (nSPS) is 25.8. The third kappa shape index (κ3) is 3.55. The van der Waals surface area contributed by atoms with E-state index in [1.54, 1.807) is 31.2 Å². The molecule has 0 saturated carbocycles. The molecular weight excluding hydrogens is 424 g/mol. The highest BCUT2D eigenvalue weighted by Gasteiger charge is 2.45. The second-order valence-electron chi connectivity index (χ2n) is 7.55. The zero-order valence-corrected chi connectivity index (χ0v) is 17.6. The summed E-state index contributed by atoms with van der Waals surface area (Å²) < 4.78 is 27.4. The molecule has 5 atom stereocenters. The molecule has 172 valence electrons. The molecule has 10 heteroatoms. The zero-order chi connectivity index (χ0) is 23.2. The number of hydrogen-bond acceptors (Lipinski definition) is 10. The topological polar surface area (TPSA) is 148 Å². The number of methoxy groups -OCH3 is 2. The van der Waals surface area contributed by atoms with E-state index in [2.05, 4.69) is 0 Å². The van der Waals surface area contributed by atoms with Gasteiger partial charge >= 0.3 is 5.63 Å². The van der Waals surface area contributed by atoms with Crippen LogP contribution in [0.1, 0.15) is 5.56 Å². The van der Waals surface area contributed by atoms with E-state index < -0.39 is 42.9 Å². The van der Waals surface area contributed by atoms with E-state index in [4.69, 9.17) is 23.4 Å². The van der Waals surface area contributed by atoms with Gasteiger partial charge in [-0.2, -0.15) is 0 Å². The van der Waals surface area contributed by atoms with Crippen LogP contribution in [0, 0.1) is 6.92 Å². The molecule has 2 aromatic carbocycles. The average Bonchev–Trinajstić information content (AvgIpc) is 2.79. The molecule has 1 fully saturated rings. The van der Waals surface area contributed by atoms with Gasteiger partial charge in [-0.05, 0) is 36.8 Å². The maximum atomic E-state index is 12.7. The van der Waals surface area contributed by atoms with Crippen LogP contribution in [-0.4, -0.2) is 72.0 Å². The standard InChI is InChI=1S/C22H24O10/c1-9-6-13(30-22-18(26)17(25)16(24)14(8-23)31-22)19(29-3)20-15(9)11-5-4-10(28-2)7-12(11)21(27)32-20/h4-7,14,16-18,22-26H,8H2,1-3H3/t14-,16-,17+,18-,22-/m1/s1. The molecular formula is C22H24O10. The van der Waals surface area contributed by atoms with Gasteiger partial charge in [0.25, 0.3) is 0 Å². The minimum Gasteiger partial charge on any atom is -0.497 e. The molecule has 0 radical (unpaired) electrons. The van der Waals surface area contributed by atoms with Crippen molar-refractivity contribution in [1.82, 2.24) is 0 Å². The van der Waals surface area contributed by atoms with Gasteiger partial charge in [-0.15, -0.1) is 0 Å². The average molecular weight is 448 g/mol. The molecule has 0 bridgehead atoms. The summed E-state index contributed by atoms with van der Waals surface area (Å²) in [5.74, 6) is 0.673. The SMILES string of the molecule is COc1ccc2c(c1)c(=O)oc1c(OC)c(O[C@@H]3O[C@H](CO)[C@@H](O)[C@H](O)[C@H]3O)cc(C)c12. The second kappa shape index (κ2) is 8.57. The molecule has 0 spiro atoms. The van der Waals surface area contributed by atoms with Crippen molar-refractivity contribution in [2.24, 2.45) is 0 Å². The molecule has 1 aliphatic rings. The fourth-order valence-electron chi connectivity index (χ4n) is 3.93. The highest BCUT2D eigenvalue weighted by atomic mass is 16.7. The molecule has 32 heavy (non-hydrogen) atoms. The Labute approximate surface area is 182 Å². The summed E-state index contributed by atoms with van der Waals surface area (Å²) in [5, 5.41) is 41.3. The highest BCUT2D eigenvalue weighted by Crippen LogP contribution is 2.41. The summed E-state index contributed by atoms with van der Waals surface area (Å²) in [5.41, 5.74) is 0.211. The van der Waals surface area contributed by atoms with Crippen LogP contribution in [0.5, 0.6) is 17.2 Å². The number of aliphatic hydroxyl groups is 4. The fraction of sp³-hybridized carbons (Fsp3) is 0.409. The molecule has 1 aromatic heterocycles. The number of benzene rings is 2. The first-order valence-electron chi connectivity index (χ1n) is 9.90. The van der Waals surface area contributed by atoms with Gasteiger partial charge in [0.2, 0.25) is 12.0 Å². The quantitative estimate of drug-likeness (QED) is 0.320. The van der Waals surface area contributed by atoms with Gasteiger partial charge in [-0.3, -0.25) is 0 Å². The minimum absolute atomic E-state index is 0.0809. The van der Waals surface area contributed by atoms with Crippen molar-refractivity contribution in [1.29, 1.82) is 0 Å². The third-order valence-electron chi connectivity index (χ3n) is 5.61. The molecule has 3 aromatic rings. The van der Waals surface area contributed by atoms with E-state index in [1.807, 2.05) is 0 Å². The Hall–Kier alpha value is -2.89. The molecule has 2 heterocycles. The molecule has 4 N–H and O–H groups in total. The first-order chi connectivity index (χ1) is 15.3. The Morgan fingerprint density at radius 2 is 1.75 bits per heavy atom. The minimum atomic E-state index is -1.61. The van der Waals surface area contributed by atoms with Gasteiger partial charge < -0.3 is 43.8 Å². The summed E-state index contributed by atoms with van der Waals surface area (Å²) in [6, 6.07) is 6.68. The van der Waals surface area contributed by atoms with Gasteiger partial charge in [-0.25, -0.2) is 4.79 Å². The molecule has 10 nitrogen and oxygen atoms in total. The van der Waals surface area contributed by atoms with Crippen molar-refractivity contribution in [3.05, 3.63) is 40.2 Å². The van der Waals surface area contributed by atoms with Crippen LogP contribution in [-0.2, 0) is 4.74 Å². The predicted molar refractivity (Wildman–Crippen MR) is 112 cm³/mol. The summed E-state index contributed by atoms with van der Waals surface area (Å²) in [6.07, 6.45) is -7.29. The van der Waals surface area contributed by atoms with E-state index in [-0.39, 0.29) is 17.1 Å². The van der Waals surface area contributed by atoms with Crippen LogP contribution < -0.4 is 19.8 Å². The van der Waals surface area contributed by atoms with E-state index in [0.717, 1.165) is 0 Å². The Morgan fingerprint density at radius 1 is 1.00 bits per heavy atom. The van der Waals surface area contributed by atoms with Crippen molar-refractivity contribution in [3.63, 3.8) is 0 Å². The lowest BCUT2D eigenvalue weighted by Crippen LogP contribution is -2.60. The van der Waals surface area contributed by atoms with E-state index in [0.29, 0.717) is 27.5 Å². The van der Waals surface area contributed by atoms with Crippen LogP contribution in [0.3, 0.4) is 0 Å². The molecule has 0 aliphatic carbocycles. The number of aryl methyl sites for hydroxylation is 1. The maximum absolute atomic E-state index is 12.7. The Bertz CT molecular complexity index is 1200. The summed E-state index contributed by atoms with van der Waals surface area (Å²) in [7, 11) is 2.86. The Morgan fingerprint density at radius 3 is 2.41 bits per heavy atom. The van der Waals surface area contributed by atoms with Crippen molar-refractivity contribution in [2.75, 3.05) is 20.8 Å². The summed E-state index contributed by atoms with van der Waals surface area (Å²) in [6.45, 7) is 1.19. The number of rotatable bonds is 5. The predicted octanol–water partition coefficient (Wildman–Crippen LogP) is 0.451. The van der Waals surface area contributed by atoms with Gasteiger partial charge in [0.15, 0.2) is 11.3 Å². The summed E-state index contributed by atoms with van der Waals surface area (Å²) in [4.78, 5) is 12.7. The monoisotopic (exact) mass is 448 g/mol. The van der Waals surface area contributed by atoms with E-state index >= 15 is 0 Å². The highest BCUT2D eigenvalue weighted by molar-refractivity contribution is 6.08. The van der Waals surface area contributed by atoms with Gasteiger partial charge in [-0.1, -0.05) is 0 Å². The first-order valence-corrected chi connectivity index (χ1v) is 9.90. The Balaban J connectivity index is 1.85. The lowest BCUT2D eigenvalue weighted by atomic mass is 9.99. The van der Waals surface area contributed by atoms with E-state index in [9.17, 15) is 25.2 Å². The van der Waals surface area contributed by atoms with Crippen LogP contribution in [0.15, 0.2) is 33.5 Å². The number of ether oxygens (including phenoxy) is 4. The number of hydrogen-bond donors (Lipinski definition) is 4. The molecule has 4 rings (SSSR count). The van der Waals surface area contributed by atoms with Crippen LogP contribution in [0.2, 0.25) is 0 Å². The number of aliphatic hydroxyl groups excluding tert-OH is 4. The van der Waals surface area contributed by atoms with Crippen LogP contribution >= 0.6 is 0 Å². The summed E-state index contributed by atoms with van der Waals surface area (Å²) >= 11 is 0. The zero-order valence-electron chi connectivity index (χ0n) is 17.6. The van der Waals surface area contributed by atoms with Gasteiger partial charge in [0, 0.05) is 10.8 Å². The lowest BCUT2D eigenvalue weighted by molar-refractivity contribution is -0.277. The molecule has 0 unspecified atom stereocenters. The smallest absolute Gasteiger partial charge is 0.344 e. The molecule has 1 saturated heterocycles. The van der Waals surface area contributed by atoms with Gasteiger partial charge in [0.1, 0.15) is 30.2 Å². The van der Waals surface area contributed by atoms with E-state index in [1.165, 1.54) is 14.2 Å². The Kier molecular flexibility index (Phi) is 5.97. The van der Waals surface area contributed by atoms with Gasteiger partial charge in [0.05, 0.1) is 26.2 Å². The lowest BCUT2D eigenvalue weighted by Gasteiger charge is -2.39.